The van der Waals surface area contributed by atoms with E-state index in [-0.39, 0.29) is 34.9 Å². The van der Waals surface area contributed by atoms with Crippen LogP contribution >= 0.6 is 11.6 Å². The van der Waals surface area contributed by atoms with Crippen LogP contribution in [0, 0.1) is 6.92 Å². The number of nitrogens with one attached hydrogen (secondary N) is 2. The number of anilines is 1. The molecule has 0 spiro atoms. The van der Waals surface area contributed by atoms with Gasteiger partial charge in [-0.15, -0.1) is 0 Å². The maximum atomic E-state index is 12.6. The fraction of sp³-hybridized carbons (Fsp3) is 0.421. The first-order valence-electron chi connectivity index (χ1n) is 8.98. The van der Waals surface area contributed by atoms with Gasteiger partial charge in [0.05, 0.1) is 23.3 Å². The van der Waals surface area contributed by atoms with E-state index in [1.807, 2.05) is 13.0 Å². The van der Waals surface area contributed by atoms with E-state index in [1.165, 1.54) is 4.68 Å². The van der Waals surface area contributed by atoms with E-state index in [0.717, 1.165) is 24.8 Å². The summed E-state index contributed by atoms with van der Waals surface area (Å²) in [5, 5.41) is 10.2. The van der Waals surface area contributed by atoms with Crippen molar-refractivity contribution in [2.75, 3.05) is 5.32 Å². The van der Waals surface area contributed by atoms with Crippen LogP contribution in [0.2, 0.25) is 5.02 Å². The molecule has 0 radical (unpaired) electrons. The molecule has 0 unspecified atom stereocenters. The zero-order valence-corrected chi connectivity index (χ0v) is 15.9. The van der Waals surface area contributed by atoms with Crippen LogP contribution in [0.3, 0.4) is 0 Å². The van der Waals surface area contributed by atoms with Crippen molar-refractivity contribution in [3.05, 3.63) is 46.2 Å². The molecule has 2 amide bonds. The number of rotatable bonds is 4. The molecule has 0 aliphatic carbocycles. The van der Waals surface area contributed by atoms with Gasteiger partial charge in [0, 0.05) is 24.5 Å². The number of benzene rings is 1. The van der Waals surface area contributed by atoms with E-state index >= 15 is 0 Å². The lowest BCUT2D eigenvalue weighted by Gasteiger charge is -2.20. The van der Waals surface area contributed by atoms with Gasteiger partial charge in [-0.2, -0.15) is 5.10 Å². The Morgan fingerprint density at radius 2 is 2.11 bits per heavy atom. The molecule has 27 heavy (non-hydrogen) atoms. The molecule has 2 saturated heterocycles. The third kappa shape index (κ3) is 3.57. The van der Waals surface area contributed by atoms with E-state index in [9.17, 15) is 9.59 Å². The normalized spacial score (nSPS) is 23.4. The molecule has 1 aromatic heterocycles. The second-order valence-electron chi connectivity index (χ2n) is 7.17. The Morgan fingerprint density at radius 3 is 2.74 bits per heavy atom. The van der Waals surface area contributed by atoms with Crippen molar-refractivity contribution in [2.45, 2.75) is 44.4 Å². The number of carbonyl (C=O) groups excluding carboxylic acids is 2. The SMILES string of the molecule is Cc1ccc(C(=O)N[C@@H]2C[C@@H]3CC[C@H]2O3)cc1NC(=O)c1nn(C)cc1Cl. The van der Waals surface area contributed by atoms with Crippen LogP contribution in [0.1, 0.15) is 45.7 Å². The van der Waals surface area contributed by atoms with Crippen LogP contribution in [0.4, 0.5) is 5.69 Å². The molecule has 2 aromatic rings. The fourth-order valence-electron chi connectivity index (χ4n) is 3.73. The molecular formula is C19H21ClN4O3. The van der Waals surface area contributed by atoms with Crippen molar-refractivity contribution in [1.82, 2.24) is 15.1 Å². The van der Waals surface area contributed by atoms with Crippen molar-refractivity contribution in [3.8, 4) is 0 Å². The first kappa shape index (κ1) is 18.0. The molecular weight excluding hydrogens is 368 g/mol. The number of amides is 2. The van der Waals surface area contributed by atoms with E-state index in [0.29, 0.717) is 11.3 Å². The van der Waals surface area contributed by atoms with Crippen LogP contribution < -0.4 is 10.6 Å². The molecule has 3 atom stereocenters. The van der Waals surface area contributed by atoms with Gasteiger partial charge in [0.15, 0.2) is 5.69 Å². The average molecular weight is 389 g/mol. The highest BCUT2D eigenvalue weighted by molar-refractivity contribution is 6.34. The first-order chi connectivity index (χ1) is 12.9. The summed E-state index contributed by atoms with van der Waals surface area (Å²) in [7, 11) is 1.69. The summed E-state index contributed by atoms with van der Waals surface area (Å²) >= 11 is 6.03. The lowest BCUT2D eigenvalue weighted by atomic mass is 9.95. The third-order valence-electron chi connectivity index (χ3n) is 5.17. The number of aromatic nitrogens is 2. The van der Waals surface area contributed by atoms with Gasteiger partial charge in [0.25, 0.3) is 11.8 Å². The van der Waals surface area contributed by atoms with E-state index in [1.54, 1.807) is 25.4 Å². The summed E-state index contributed by atoms with van der Waals surface area (Å²) < 4.78 is 7.26. The number of aryl methyl sites for hydroxylation is 2. The number of halogens is 1. The van der Waals surface area contributed by atoms with E-state index in [4.69, 9.17) is 16.3 Å². The number of hydrogen-bond donors (Lipinski definition) is 2. The smallest absolute Gasteiger partial charge is 0.277 e. The summed E-state index contributed by atoms with van der Waals surface area (Å²) in [5.41, 5.74) is 2.03. The molecule has 3 heterocycles. The lowest BCUT2D eigenvalue weighted by Crippen LogP contribution is -2.41. The average Bonchev–Trinajstić information content (AvgIpc) is 3.32. The van der Waals surface area contributed by atoms with Crippen LogP contribution in [-0.4, -0.2) is 39.8 Å². The molecule has 2 fully saturated rings. The van der Waals surface area contributed by atoms with E-state index < -0.39 is 5.91 Å². The van der Waals surface area contributed by atoms with Crippen molar-refractivity contribution >= 4 is 29.1 Å². The van der Waals surface area contributed by atoms with E-state index in [2.05, 4.69) is 15.7 Å². The summed E-state index contributed by atoms with van der Waals surface area (Å²) in [6.45, 7) is 1.86. The Morgan fingerprint density at radius 1 is 1.30 bits per heavy atom. The molecule has 7 nitrogen and oxygen atoms in total. The summed E-state index contributed by atoms with van der Waals surface area (Å²) in [6, 6.07) is 5.29. The second kappa shape index (κ2) is 6.98. The maximum absolute atomic E-state index is 12.6. The first-order valence-corrected chi connectivity index (χ1v) is 9.36. The fourth-order valence-corrected chi connectivity index (χ4v) is 4.00. The zero-order chi connectivity index (χ0) is 19.1. The minimum absolute atomic E-state index is 0.0583. The van der Waals surface area contributed by atoms with Crippen LogP contribution in [0.25, 0.3) is 0 Å². The largest absolute Gasteiger partial charge is 0.373 e. The van der Waals surface area contributed by atoms with Gasteiger partial charge in [-0.05, 0) is 43.9 Å². The number of ether oxygens (including phenoxy) is 1. The standard InChI is InChI=1S/C19H21ClN4O3/c1-10-3-4-11(18(25)22-15-8-12-5-6-16(15)27-12)7-14(10)21-19(26)17-13(20)9-24(2)23-17/h3-4,7,9,12,15-16H,5-6,8H2,1-2H3,(H,21,26)(H,22,25)/t12-,15+,16+/m0/s1. The zero-order valence-electron chi connectivity index (χ0n) is 15.2. The molecule has 2 aliphatic rings. The van der Waals surface area contributed by atoms with Gasteiger partial charge in [-0.1, -0.05) is 17.7 Å². The molecule has 2 aliphatic heterocycles. The third-order valence-corrected chi connectivity index (χ3v) is 5.45. The van der Waals surface area contributed by atoms with Gasteiger partial charge >= 0.3 is 0 Å². The topological polar surface area (TPSA) is 85.2 Å². The Bertz CT molecular complexity index is 910. The molecule has 1 aromatic carbocycles. The van der Waals surface area contributed by atoms with Gasteiger partial charge in [-0.25, -0.2) is 0 Å². The summed E-state index contributed by atoms with van der Waals surface area (Å²) in [6.07, 6.45) is 4.89. The Hall–Kier alpha value is -2.38. The Balaban J connectivity index is 1.48. The predicted molar refractivity (Wildman–Crippen MR) is 101 cm³/mol. The highest BCUT2D eigenvalue weighted by Gasteiger charge is 2.41. The van der Waals surface area contributed by atoms with Crippen LogP contribution in [0.5, 0.6) is 0 Å². The van der Waals surface area contributed by atoms with Gasteiger partial charge in [0.2, 0.25) is 0 Å². The van der Waals surface area contributed by atoms with Gasteiger partial charge in [-0.3, -0.25) is 14.3 Å². The molecule has 142 valence electrons. The highest BCUT2D eigenvalue weighted by Crippen LogP contribution is 2.34. The maximum Gasteiger partial charge on any atom is 0.277 e. The summed E-state index contributed by atoms with van der Waals surface area (Å²) in [4.78, 5) is 25.1. The number of carbonyl (C=O) groups is 2. The summed E-state index contributed by atoms with van der Waals surface area (Å²) in [5.74, 6) is -0.578. The van der Waals surface area contributed by atoms with Crippen molar-refractivity contribution in [3.63, 3.8) is 0 Å². The molecule has 4 rings (SSSR count). The molecule has 8 heteroatoms. The molecule has 2 bridgehead atoms. The Labute approximate surface area is 162 Å². The van der Waals surface area contributed by atoms with Crippen LogP contribution in [-0.2, 0) is 11.8 Å². The number of hydrogen-bond acceptors (Lipinski definition) is 4. The number of fused-ring (bicyclic) bond motifs is 2. The second-order valence-corrected chi connectivity index (χ2v) is 7.58. The van der Waals surface area contributed by atoms with Crippen molar-refractivity contribution < 1.29 is 14.3 Å². The van der Waals surface area contributed by atoms with Crippen LogP contribution in [0.15, 0.2) is 24.4 Å². The predicted octanol–water partition coefficient (Wildman–Crippen LogP) is 2.68. The molecule has 2 N–H and O–H groups in total. The highest BCUT2D eigenvalue weighted by atomic mass is 35.5. The minimum Gasteiger partial charge on any atom is -0.373 e. The Kier molecular flexibility index (Phi) is 4.65. The lowest BCUT2D eigenvalue weighted by molar-refractivity contribution is 0.0840. The minimum atomic E-state index is -0.414. The van der Waals surface area contributed by atoms with Crippen molar-refractivity contribution in [2.24, 2.45) is 7.05 Å². The van der Waals surface area contributed by atoms with Gasteiger partial charge < -0.3 is 15.4 Å². The molecule has 0 saturated carbocycles. The number of nitrogens with zero attached hydrogens (tertiary/aromatic N) is 2. The van der Waals surface area contributed by atoms with Crippen molar-refractivity contribution in [1.29, 1.82) is 0 Å². The van der Waals surface area contributed by atoms with Gasteiger partial charge in [0.1, 0.15) is 0 Å². The quantitative estimate of drug-likeness (QED) is 0.843. The monoisotopic (exact) mass is 388 g/mol.